The van der Waals surface area contributed by atoms with E-state index in [-0.39, 0.29) is 17.9 Å². The summed E-state index contributed by atoms with van der Waals surface area (Å²) in [7, 11) is -1.96. The molecule has 0 aliphatic rings. The third-order valence-electron chi connectivity index (χ3n) is 5.69. The number of hydrogen-bond donors (Lipinski definition) is 0. The molecule has 13 heteroatoms. The minimum Gasteiger partial charge on any atom is -0.370 e. The van der Waals surface area contributed by atoms with E-state index in [9.17, 15) is 10.1 Å². The molecule has 215 valence electrons. The summed E-state index contributed by atoms with van der Waals surface area (Å²) < 4.78 is 19.8. The van der Waals surface area contributed by atoms with E-state index < -0.39 is 20.1 Å². The van der Waals surface area contributed by atoms with Crippen LogP contribution in [0.25, 0.3) is 0 Å². The van der Waals surface area contributed by atoms with Gasteiger partial charge in [-0.05, 0) is 84.9 Å². The average Bonchev–Trinajstić information content (AvgIpc) is 3.38. The first-order valence-electron chi connectivity index (χ1n) is 13.3. The number of hydrogen-bond acceptors (Lipinski definition) is 10. The predicted molar refractivity (Wildman–Crippen MR) is 154 cm³/mol. The molecule has 3 aromatic rings. The van der Waals surface area contributed by atoms with E-state index in [2.05, 4.69) is 32.4 Å². The van der Waals surface area contributed by atoms with Crippen molar-refractivity contribution in [2.45, 2.75) is 72.8 Å². The van der Waals surface area contributed by atoms with E-state index in [0.717, 1.165) is 18.8 Å². The van der Waals surface area contributed by atoms with Gasteiger partial charge in [0.15, 0.2) is 0 Å². The molecular formula is C27H38N7O5Si. The van der Waals surface area contributed by atoms with Gasteiger partial charge in [0, 0.05) is 43.1 Å². The zero-order chi connectivity index (χ0) is 29.3. The molecule has 0 N–H and O–H groups in total. The van der Waals surface area contributed by atoms with Crippen molar-refractivity contribution < 1.29 is 18.2 Å². The number of non-ortho nitro benzene ring substituents is 1. The molecule has 2 aromatic carbocycles. The summed E-state index contributed by atoms with van der Waals surface area (Å²) in [6.07, 6.45) is 1.89. The lowest BCUT2D eigenvalue weighted by Gasteiger charge is -2.28. The van der Waals surface area contributed by atoms with E-state index in [1.165, 1.54) is 12.1 Å². The average molecular weight is 569 g/mol. The second kappa shape index (κ2) is 14.2. The quantitative estimate of drug-likeness (QED) is 0.0915. The van der Waals surface area contributed by atoms with Crippen LogP contribution in [0.3, 0.4) is 0 Å². The summed E-state index contributed by atoms with van der Waals surface area (Å²) in [5.74, 6) is 0. The van der Waals surface area contributed by atoms with Crippen molar-refractivity contribution in [3.05, 3.63) is 70.5 Å². The van der Waals surface area contributed by atoms with Gasteiger partial charge in [0.05, 0.1) is 29.0 Å². The van der Waals surface area contributed by atoms with Crippen LogP contribution in [0.2, 0.25) is 0 Å². The topological polar surface area (TPSA) is 130 Å². The third kappa shape index (κ3) is 9.29. The van der Waals surface area contributed by atoms with Gasteiger partial charge in [-0.15, -0.1) is 5.10 Å². The second-order valence-electron chi connectivity index (χ2n) is 10.1. The molecule has 12 nitrogen and oxygen atoms in total. The van der Waals surface area contributed by atoms with E-state index >= 15 is 0 Å². The van der Waals surface area contributed by atoms with Crippen LogP contribution in [-0.2, 0) is 25.4 Å². The third-order valence-corrected chi connectivity index (χ3v) is 7.70. The van der Waals surface area contributed by atoms with Gasteiger partial charge in [0.2, 0.25) is 0 Å². The molecule has 0 bridgehead atoms. The number of aromatic nitrogens is 3. The molecule has 0 spiro atoms. The van der Waals surface area contributed by atoms with Gasteiger partial charge in [-0.2, -0.15) is 10.2 Å². The summed E-state index contributed by atoms with van der Waals surface area (Å²) in [4.78, 5) is 12.6. The molecule has 0 amide bonds. The number of likely N-dealkylation sites (N-methyl/N-ethyl adjacent to an activating group) is 1. The molecule has 40 heavy (non-hydrogen) atoms. The van der Waals surface area contributed by atoms with Gasteiger partial charge in [0.25, 0.3) is 5.69 Å². The molecule has 3 rings (SSSR count). The maximum Gasteiger partial charge on any atom is 0.578 e. The first-order valence-corrected chi connectivity index (χ1v) is 14.5. The van der Waals surface area contributed by atoms with E-state index in [1.807, 2.05) is 76.7 Å². The first-order chi connectivity index (χ1) is 19.0. The largest absolute Gasteiger partial charge is 0.578 e. The molecule has 0 aliphatic heterocycles. The summed E-state index contributed by atoms with van der Waals surface area (Å²) >= 11 is 0. The lowest BCUT2D eigenvalue weighted by atomic mass is 10.1. The minimum atomic E-state index is -1.96. The molecular weight excluding hydrogens is 530 g/mol. The number of nitro benzene ring substituents is 1. The second-order valence-corrected chi connectivity index (χ2v) is 11.3. The Bertz CT molecular complexity index is 1240. The number of azo groups is 1. The maximum atomic E-state index is 10.8. The summed E-state index contributed by atoms with van der Waals surface area (Å²) in [5.41, 5.74) is 2.28. The Kier molecular flexibility index (Phi) is 11.0. The Morgan fingerprint density at radius 1 is 1.00 bits per heavy atom. The number of anilines is 1. The normalized spacial score (nSPS) is 12.2. The first kappa shape index (κ1) is 31.0. The highest BCUT2D eigenvalue weighted by atomic mass is 28.3. The van der Waals surface area contributed by atoms with Gasteiger partial charge in [-0.25, -0.2) is 0 Å². The summed E-state index contributed by atoms with van der Waals surface area (Å²) in [5, 5.41) is 27.9. The Morgan fingerprint density at radius 3 is 2.05 bits per heavy atom. The van der Waals surface area contributed by atoms with Crippen molar-refractivity contribution in [1.29, 1.82) is 0 Å². The standard InChI is InChI=1S/C27H38N7O5Si/c1-8-32(24-13-9-22(10-14-24)28-29-23-11-15-25(16-12-23)34(35)36)17-18-33-19-26(30-31-33)27(6,7)39-40(37-20(2)3)38-21(4)5/h9-16,19-21H,8,17-18H2,1-7H3. The lowest BCUT2D eigenvalue weighted by molar-refractivity contribution is -0.384. The smallest absolute Gasteiger partial charge is 0.370 e. The summed E-state index contributed by atoms with van der Waals surface area (Å²) in [6.45, 7) is 16.0. The number of rotatable bonds is 15. The van der Waals surface area contributed by atoms with Crippen LogP contribution in [0.5, 0.6) is 0 Å². The highest BCUT2D eigenvalue weighted by Crippen LogP contribution is 2.26. The van der Waals surface area contributed by atoms with Gasteiger partial charge in [0.1, 0.15) is 11.3 Å². The zero-order valence-corrected chi connectivity index (χ0v) is 25.1. The maximum absolute atomic E-state index is 10.8. The number of nitro groups is 1. The highest BCUT2D eigenvalue weighted by Gasteiger charge is 2.34. The van der Waals surface area contributed by atoms with Crippen molar-refractivity contribution in [2.24, 2.45) is 10.2 Å². The SMILES string of the molecule is CCN(CCn1cc(C(C)(C)O[Si](OC(C)C)OC(C)C)nn1)c1ccc(N=Nc2ccc([N+](=O)[O-])cc2)cc1. The van der Waals surface area contributed by atoms with Crippen LogP contribution in [0.15, 0.2) is 65.0 Å². The van der Waals surface area contributed by atoms with Crippen LogP contribution >= 0.6 is 0 Å². The van der Waals surface area contributed by atoms with E-state index in [0.29, 0.717) is 23.6 Å². The van der Waals surface area contributed by atoms with Gasteiger partial charge in [-0.1, -0.05) is 5.21 Å². The molecule has 1 heterocycles. The fourth-order valence-corrected chi connectivity index (χ4v) is 5.03. The van der Waals surface area contributed by atoms with Crippen LogP contribution in [-0.4, -0.2) is 54.7 Å². The van der Waals surface area contributed by atoms with Gasteiger partial charge < -0.3 is 18.2 Å². The monoisotopic (exact) mass is 568 g/mol. The van der Waals surface area contributed by atoms with Crippen molar-refractivity contribution >= 4 is 32.3 Å². The molecule has 0 saturated heterocycles. The van der Waals surface area contributed by atoms with Crippen LogP contribution < -0.4 is 4.90 Å². The Hall–Kier alpha value is -3.52. The predicted octanol–water partition coefficient (Wildman–Crippen LogP) is 6.21. The number of nitrogens with zero attached hydrogens (tertiary/aromatic N) is 7. The Morgan fingerprint density at radius 2 is 1.55 bits per heavy atom. The fraction of sp³-hybridized carbons (Fsp3) is 0.481. The number of benzene rings is 2. The van der Waals surface area contributed by atoms with E-state index in [1.54, 1.807) is 12.1 Å². The molecule has 1 aromatic heterocycles. The summed E-state index contributed by atoms with van der Waals surface area (Å²) in [6, 6.07) is 13.7. The zero-order valence-electron chi connectivity index (χ0n) is 24.1. The molecule has 0 atom stereocenters. The molecule has 0 aliphatic carbocycles. The minimum absolute atomic E-state index is 0.00802. The van der Waals surface area contributed by atoms with Crippen molar-refractivity contribution in [1.82, 2.24) is 15.0 Å². The Labute approximate surface area is 237 Å². The van der Waals surface area contributed by atoms with Crippen LogP contribution in [0.4, 0.5) is 22.7 Å². The van der Waals surface area contributed by atoms with Crippen LogP contribution in [0, 0.1) is 10.1 Å². The van der Waals surface area contributed by atoms with Gasteiger partial charge >= 0.3 is 9.53 Å². The molecule has 1 radical (unpaired) electrons. The molecule has 0 unspecified atom stereocenters. The van der Waals surface area contributed by atoms with Crippen molar-refractivity contribution in [3.8, 4) is 0 Å². The lowest BCUT2D eigenvalue weighted by Crippen LogP contribution is -2.39. The molecule has 0 fully saturated rings. The highest BCUT2D eigenvalue weighted by molar-refractivity contribution is 6.36. The van der Waals surface area contributed by atoms with Gasteiger partial charge in [-0.3, -0.25) is 14.8 Å². The van der Waals surface area contributed by atoms with Crippen molar-refractivity contribution in [2.75, 3.05) is 18.0 Å². The van der Waals surface area contributed by atoms with Crippen molar-refractivity contribution in [3.63, 3.8) is 0 Å². The fourth-order valence-electron chi connectivity index (χ4n) is 3.58. The Balaban J connectivity index is 1.59. The molecule has 0 saturated carbocycles. The van der Waals surface area contributed by atoms with Crippen LogP contribution in [0.1, 0.15) is 54.2 Å². The van der Waals surface area contributed by atoms with E-state index in [4.69, 9.17) is 13.3 Å².